The highest BCUT2D eigenvalue weighted by molar-refractivity contribution is 5.62. The van der Waals surface area contributed by atoms with Crippen molar-refractivity contribution in [3.63, 3.8) is 0 Å². The zero-order chi connectivity index (χ0) is 18.8. The first kappa shape index (κ1) is 20.1. The highest BCUT2D eigenvalue weighted by Crippen LogP contribution is 2.60. The molecule has 2 N–H and O–H groups in total. The molecule has 3 fully saturated rings. The van der Waals surface area contributed by atoms with E-state index in [0.29, 0.717) is 24.4 Å². The van der Waals surface area contributed by atoms with Gasteiger partial charge in [-0.3, -0.25) is 0 Å². The molecule has 150 valence electrons. The fourth-order valence-electron chi connectivity index (χ4n) is 5.72. The van der Waals surface area contributed by atoms with Crippen molar-refractivity contribution >= 4 is 6.21 Å². The van der Waals surface area contributed by atoms with Crippen LogP contribution < -0.4 is 0 Å². The quantitative estimate of drug-likeness (QED) is 0.431. The number of rotatable bonds is 6. The summed E-state index contributed by atoms with van der Waals surface area (Å²) in [6.45, 7) is 3.73. The SMILES string of the molecule is CN(C)CCO/N=C/[C@H]1CC[C@]2(O)C[C@@H](C3CCC(O)CC3)CC[C@]12C. The molecule has 0 amide bonds. The van der Waals surface area contributed by atoms with Gasteiger partial charge in [0.25, 0.3) is 0 Å². The molecule has 5 heteroatoms. The smallest absolute Gasteiger partial charge is 0.129 e. The van der Waals surface area contributed by atoms with E-state index >= 15 is 0 Å². The van der Waals surface area contributed by atoms with E-state index in [1.807, 2.05) is 20.3 Å². The molecule has 26 heavy (non-hydrogen) atoms. The molecule has 0 radical (unpaired) electrons. The number of oxime groups is 1. The fraction of sp³-hybridized carbons (Fsp3) is 0.952. The minimum Gasteiger partial charge on any atom is -0.395 e. The number of aliphatic hydroxyl groups excluding tert-OH is 1. The third-order valence-electron chi connectivity index (χ3n) is 7.74. The number of fused-ring (bicyclic) bond motifs is 1. The van der Waals surface area contributed by atoms with Crippen LogP contribution in [0.1, 0.15) is 64.7 Å². The number of aliphatic hydroxyl groups is 2. The predicted octanol–water partition coefficient (Wildman–Crippen LogP) is 3.05. The summed E-state index contributed by atoms with van der Waals surface area (Å²) in [4.78, 5) is 7.49. The zero-order valence-corrected chi connectivity index (χ0v) is 16.9. The molecule has 4 atom stereocenters. The molecule has 0 aromatic carbocycles. The molecule has 3 aliphatic rings. The Labute approximate surface area is 158 Å². The monoisotopic (exact) mass is 366 g/mol. The van der Waals surface area contributed by atoms with Crippen molar-refractivity contribution in [2.75, 3.05) is 27.2 Å². The van der Waals surface area contributed by atoms with Crippen molar-refractivity contribution in [1.29, 1.82) is 0 Å². The van der Waals surface area contributed by atoms with Crippen LogP contribution in [-0.4, -0.2) is 60.3 Å². The van der Waals surface area contributed by atoms with E-state index in [9.17, 15) is 10.2 Å². The standard InChI is InChI=1S/C21H38N2O3/c1-20-10-8-17(16-4-6-19(24)7-5-16)14-21(20,25)11-9-18(20)15-22-26-13-12-23(2)3/h15-19,24-25H,4-14H2,1-3H3/b22-15+/t16?,17-,18+,19?,20+,21-/m0/s1. The molecule has 0 aromatic heterocycles. The maximum absolute atomic E-state index is 11.5. The number of hydrogen-bond donors (Lipinski definition) is 2. The van der Waals surface area contributed by atoms with E-state index in [0.717, 1.165) is 57.9 Å². The van der Waals surface area contributed by atoms with Crippen LogP contribution in [0.4, 0.5) is 0 Å². The molecule has 0 aromatic rings. The van der Waals surface area contributed by atoms with Crippen molar-refractivity contribution in [3.05, 3.63) is 0 Å². The van der Waals surface area contributed by atoms with Gasteiger partial charge in [-0.2, -0.15) is 0 Å². The van der Waals surface area contributed by atoms with Crippen LogP contribution in [0, 0.1) is 23.2 Å². The fourth-order valence-corrected chi connectivity index (χ4v) is 5.72. The summed E-state index contributed by atoms with van der Waals surface area (Å²) in [6, 6.07) is 0. The van der Waals surface area contributed by atoms with Gasteiger partial charge in [0.05, 0.1) is 11.7 Å². The van der Waals surface area contributed by atoms with Crippen molar-refractivity contribution < 1.29 is 15.1 Å². The Kier molecular flexibility index (Phi) is 6.30. The Balaban J connectivity index is 1.56. The van der Waals surface area contributed by atoms with E-state index in [1.165, 1.54) is 6.42 Å². The van der Waals surface area contributed by atoms with Crippen molar-refractivity contribution in [2.45, 2.75) is 76.4 Å². The molecule has 0 bridgehead atoms. The van der Waals surface area contributed by atoms with Gasteiger partial charge in [-0.1, -0.05) is 12.1 Å². The summed E-state index contributed by atoms with van der Waals surface area (Å²) in [5, 5.41) is 25.5. The summed E-state index contributed by atoms with van der Waals surface area (Å²) < 4.78 is 0. The average molecular weight is 367 g/mol. The molecular formula is C21H38N2O3. The van der Waals surface area contributed by atoms with Crippen LogP contribution in [0.2, 0.25) is 0 Å². The van der Waals surface area contributed by atoms with Crippen LogP contribution in [0.15, 0.2) is 5.16 Å². The first-order valence-electron chi connectivity index (χ1n) is 10.5. The number of likely N-dealkylation sites (N-methyl/N-ethyl adjacent to an activating group) is 1. The molecule has 0 heterocycles. The van der Waals surface area contributed by atoms with Crippen LogP contribution in [-0.2, 0) is 4.84 Å². The Morgan fingerprint density at radius 3 is 2.50 bits per heavy atom. The molecule has 0 saturated heterocycles. The summed E-state index contributed by atoms with van der Waals surface area (Å²) in [5.74, 6) is 1.61. The van der Waals surface area contributed by atoms with E-state index in [2.05, 4.69) is 17.0 Å². The van der Waals surface area contributed by atoms with Crippen molar-refractivity contribution in [1.82, 2.24) is 4.90 Å². The molecule has 0 aliphatic heterocycles. The summed E-state index contributed by atoms with van der Waals surface area (Å²) >= 11 is 0. The second-order valence-electron chi connectivity index (χ2n) is 9.56. The second-order valence-corrected chi connectivity index (χ2v) is 9.56. The van der Waals surface area contributed by atoms with E-state index in [1.54, 1.807) is 0 Å². The lowest BCUT2D eigenvalue weighted by atomic mass is 9.57. The van der Waals surface area contributed by atoms with Gasteiger partial charge in [-0.05, 0) is 83.7 Å². The van der Waals surface area contributed by atoms with Crippen molar-refractivity contribution in [2.24, 2.45) is 28.3 Å². The van der Waals surface area contributed by atoms with E-state index in [4.69, 9.17) is 4.84 Å². The van der Waals surface area contributed by atoms with Crippen LogP contribution in [0.3, 0.4) is 0 Å². The topological polar surface area (TPSA) is 65.3 Å². The molecule has 0 unspecified atom stereocenters. The van der Waals surface area contributed by atoms with Crippen molar-refractivity contribution in [3.8, 4) is 0 Å². The maximum atomic E-state index is 11.5. The molecule has 0 spiro atoms. The van der Waals surface area contributed by atoms with Gasteiger partial charge in [0.15, 0.2) is 0 Å². The first-order chi connectivity index (χ1) is 12.3. The Bertz CT molecular complexity index is 490. The molecule has 5 nitrogen and oxygen atoms in total. The van der Waals surface area contributed by atoms with Crippen LogP contribution in [0.5, 0.6) is 0 Å². The second kappa shape index (κ2) is 8.15. The van der Waals surface area contributed by atoms with Gasteiger partial charge in [-0.15, -0.1) is 0 Å². The lowest BCUT2D eigenvalue weighted by Gasteiger charge is -2.50. The predicted molar refractivity (Wildman–Crippen MR) is 104 cm³/mol. The van der Waals surface area contributed by atoms with Gasteiger partial charge in [0, 0.05) is 24.1 Å². The Morgan fingerprint density at radius 1 is 1.08 bits per heavy atom. The molecule has 3 aliphatic carbocycles. The minimum absolute atomic E-state index is 0.0773. The summed E-state index contributed by atoms with van der Waals surface area (Å²) in [6.07, 6.45) is 11.1. The third-order valence-corrected chi connectivity index (χ3v) is 7.74. The van der Waals surface area contributed by atoms with Gasteiger partial charge in [0.2, 0.25) is 0 Å². The average Bonchev–Trinajstić information content (AvgIpc) is 2.86. The van der Waals surface area contributed by atoms with Gasteiger partial charge in [0.1, 0.15) is 6.61 Å². The van der Waals surface area contributed by atoms with E-state index in [-0.39, 0.29) is 11.5 Å². The first-order valence-corrected chi connectivity index (χ1v) is 10.5. The van der Waals surface area contributed by atoms with Gasteiger partial charge >= 0.3 is 0 Å². The Hall–Kier alpha value is -0.650. The molecular weight excluding hydrogens is 328 g/mol. The number of hydrogen-bond acceptors (Lipinski definition) is 5. The summed E-state index contributed by atoms with van der Waals surface area (Å²) in [7, 11) is 4.05. The van der Waals surface area contributed by atoms with Crippen LogP contribution in [0.25, 0.3) is 0 Å². The lowest BCUT2D eigenvalue weighted by molar-refractivity contribution is -0.117. The van der Waals surface area contributed by atoms with E-state index < -0.39 is 5.60 Å². The molecule has 3 rings (SSSR count). The minimum atomic E-state index is -0.563. The highest BCUT2D eigenvalue weighted by Gasteiger charge is 2.59. The summed E-state index contributed by atoms with van der Waals surface area (Å²) in [5.41, 5.74) is -0.640. The third kappa shape index (κ3) is 4.10. The van der Waals surface area contributed by atoms with Gasteiger partial charge in [-0.25, -0.2) is 0 Å². The highest BCUT2D eigenvalue weighted by atomic mass is 16.6. The van der Waals surface area contributed by atoms with Gasteiger partial charge < -0.3 is 20.0 Å². The largest absolute Gasteiger partial charge is 0.395 e. The maximum Gasteiger partial charge on any atom is 0.129 e. The molecule has 3 saturated carbocycles. The lowest BCUT2D eigenvalue weighted by Crippen LogP contribution is -2.51. The normalized spacial score (nSPS) is 43.8. The Morgan fingerprint density at radius 2 is 1.81 bits per heavy atom. The number of nitrogens with zero attached hydrogens (tertiary/aromatic N) is 2. The van der Waals surface area contributed by atoms with Crippen LogP contribution >= 0.6 is 0 Å². The zero-order valence-electron chi connectivity index (χ0n) is 16.9.